The van der Waals surface area contributed by atoms with Crippen LogP contribution in [-0.2, 0) is 0 Å². The molecule has 3 rings (SSSR count). The average molecular weight is 366 g/mol. The Morgan fingerprint density at radius 1 is 1.38 bits per heavy atom. The third-order valence-corrected chi connectivity index (χ3v) is 4.66. The molecule has 1 aromatic rings. The number of nitrogens with one attached hydrogen (secondary N) is 2. The van der Waals surface area contributed by atoms with Crippen LogP contribution in [0.3, 0.4) is 0 Å². The molecule has 2 aliphatic carbocycles. The number of aromatic hydroxyl groups is 1. The highest BCUT2D eigenvalue weighted by Gasteiger charge is 2.35. The Balaban J connectivity index is 1.52. The highest BCUT2D eigenvalue weighted by molar-refractivity contribution is 9.10. The van der Waals surface area contributed by atoms with Crippen molar-refractivity contribution in [3.63, 3.8) is 0 Å². The molecule has 0 heterocycles. The number of allylic oxidation sites excluding steroid dienone is 1. The molecule has 2 bridgehead atoms. The van der Waals surface area contributed by atoms with Gasteiger partial charge < -0.3 is 10.4 Å². The summed E-state index contributed by atoms with van der Waals surface area (Å²) in [6.07, 6.45) is 8.49. The second kappa shape index (κ2) is 6.15. The van der Waals surface area contributed by atoms with Gasteiger partial charge in [0.2, 0.25) is 0 Å². The van der Waals surface area contributed by atoms with Gasteiger partial charge in [-0.1, -0.05) is 28.1 Å². The van der Waals surface area contributed by atoms with Gasteiger partial charge in [0, 0.05) is 16.1 Å². The number of hydrogen-bond donors (Lipinski definition) is 3. The maximum absolute atomic E-state index is 9.71. The van der Waals surface area contributed by atoms with Crippen LogP contribution in [0.2, 0.25) is 0 Å². The number of nitrogens with zero attached hydrogens (tertiary/aromatic N) is 1. The first-order valence-corrected chi connectivity index (χ1v) is 8.08. The van der Waals surface area contributed by atoms with E-state index in [4.69, 9.17) is 12.2 Å². The number of phenols is 1. The predicted molar refractivity (Wildman–Crippen MR) is 91.4 cm³/mol. The molecule has 3 unspecified atom stereocenters. The highest BCUT2D eigenvalue weighted by Crippen LogP contribution is 2.38. The second-order valence-electron chi connectivity index (χ2n) is 5.43. The molecular formula is C15H16BrN3OS. The van der Waals surface area contributed by atoms with Crippen molar-refractivity contribution in [2.45, 2.75) is 18.9 Å². The van der Waals surface area contributed by atoms with Crippen molar-refractivity contribution in [3.05, 3.63) is 40.4 Å². The minimum absolute atomic E-state index is 0.181. The molecule has 3 atom stereocenters. The van der Waals surface area contributed by atoms with Crippen LogP contribution in [0.5, 0.6) is 5.75 Å². The van der Waals surface area contributed by atoms with Crippen LogP contribution in [0.25, 0.3) is 0 Å². The van der Waals surface area contributed by atoms with Gasteiger partial charge in [-0.2, -0.15) is 5.10 Å². The predicted octanol–water partition coefficient (Wildman–Crippen LogP) is 2.92. The van der Waals surface area contributed by atoms with Crippen molar-refractivity contribution in [1.29, 1.82) is 0 Å². The van der Waals surface area contributed by atoms with Gasteiger partial charge in [-0.05, 0) is 55.1 Å². The molecule has 0 spiro atoms. The number of fused-ring (bicyclic) bond motifs is 2. The summed E-state index contributed by atoms with van der Waals surface area (Å²) < 4.78 is 0.885. The summed E-state index contributed by atoms with van der Waals surface area (Å²) in [6, 6.07) is 5.59. The van der Waals surface area contributed by atoms with E-state index < -0.39 is 0 Å². The number of benzene rings is 1. The van der Waals surface area contributed by atoms with E-state index in [0.29, 0.717) is 28.6 Å². The monoisotopic (exact) mass is 365 g/mol. The lowest BCUT2D eigenvalue weighted by Crippen LogP contribution is -2.42. The van der Waals surface area contributed by atoms with E-state index in [1.807, 2.05) is 0 Å². The molecule has 110 valence electrons. The first kappa shape index (κ1) is 14.5. The zero-order valence-corrected chi connectivity index (χ0v) is 13.7. The number of hydrogen-bond acceptors (Lipinski definition) is 3. The Bertz CT molecular complexity index is 617. The molecule has 1 saturated carbocycles. The van der Waals surface area contributed by atoms with Gasteiger partial charge in [-0.25, -0.2) is 0 Å². The van der Waals surface area contributed by atoms with E-state index in [-0.39, 0.29) is 5.75 Å². The number of phenolic OH excluding ortho intramolecular Hbond substituents is 1. The summed E-state index contributed by atoms with van der Waals surface area (Å²) in [6.45, 7) is 0. The first-order valence-electron chi connectivity index (χ1n) is 6.88. The summed E-state index contributed by atoms with van der Waals surface area (Å²) in [5.41, 5.74) is 3.43. The van der Waals surface area contributed by atoms with Crippen molar-refractivity contribution >= 4 is 39.5 Å². The quantitative estimate of drug-likeness (QED) is 0.333. The normalized spacial score (nSPS) is 26.4. The molecule has 6 heteroatoms. The third-order valence-electron chi connectivity index (χ3n) is 3.95. The molecular weight excluding hydrogens is 350 g/mol. The highest BCUT2D eigenvalue weighted by atomic mass is 79.9. The number of thiocarbonyl (C=S) groups is 1. The van der Waals surface area contributed by atoms with Gasteiger partial charge in [-0.3, -0.25) is 5.43 Å². The maximum atomic E-state index is 9.71. The van der Waals surface area contributed by atoms with Crippen LogP contribution in [0.4, 0.5) is 0 Å². The van der Waals surface area contributed by atoms with Crippen LogP contribution in [-0.4, -0.2) is 22.5 Å². The molecule has 1 aromatic carbocycles. The van der Waals surface area contributed by atoms with Crippen molar-refractivity contribution < 1.29 is 5.11 Å². The summed E-state index contributed by atoms with van der Waals surface area (Å²) in [7, 11) is 0. The minimum atomic E-state index is 0.181. The molecule has 21 heavy (non-hydrogen) atoms. The summed E-state index contributed by atoms with van der Waals surface area (Å²) in [5.74, 6) is 1.48. The number of halogens is 1. The smallest absolute Gasteiger partial charge is 0.187 e. The van der Waals surface area contributed by atoms with Gasteiger partial charge >= 0.3 is 0 Å². The summed E-state index contributed by atoms with van der Waals surface area (Å²) >= 11 is 8.60. The van der Waals surface area contributed by atoms with E-state index in [2.05, 4.69) is 43.9 Å². The van der Waals surface area contributed by atoms with Crippen LogP contribution in [0, 0.1) is 11.8 Å². The lowest BCUT2D eigenvalue weighted by Gasteiger charge is -2.20. The van der Waals surface area contributed by atoms with Crippen molar-refractivity contribution in [2.24, 2.45) is 16.9 Å². The molecule has 2 aliphatic rings. The molecule has 0 amide bonds. The Labute approximate surface area is 137 Å². The maximum Gasteiger partial charge on any atom is 0.187 e. The Morgan fingerprint density at radius 2 is 2.24 bits per heavy atom. The summed E-state index contributed by atoms with van der Waals surface area (Å²) in [4.78, 5) is 0. The van der Waals surface area contributed by atoms with Gasteiger partial charge in [0.15, 0.2) is 5.11 Å². The number of rotatable bonds is 3. The van der Waals surface area contributed by atoms with E-state index >= 15 is 0 Å². The Hall–Kier alpha value is -1.40. The SMILES string of the molecule is Oc1ccc(Br)cc1/C=N/NC(=S)NC1CC2C=CC1C2. The average Bonchev–Trinajstić information content (AvgIpc) is 3.05. The van der Waals surface area contributed by atoms with Crippen LogP contribution in [0.1, 0.15) is 18.4 Å². The molecule has 4 nitrogen and oxygen atoms in total. The van der Waals surface area contributed by atoms with E-state index in [1.54, 1.807) is 24.4 Å². The summed E-state index contributed by atoms with van der Waals surface area (Å²) in [5, 5.41) is 17.6. The zero-order chi connectivity index (χ0) is 14.8. The molecule has 1 fully saturated rings. The fourth-order valence-corrected chi connectivity index (χ4v) is 3.52. The van der Waals surface area contributed by atoms with E-state index in [1.165, 1.54) is 6.42 Å². The molecule has 3 N–H and O–H groups in total. The van der Waals surface area contributed by atoms with Gasteiger partial charge in [0.25, 0.3) is 0 Å². The fourth-order valence-electron chi connectivity index (χ4n) is 2.94. The lowest BCUT2D eigenvalue weighted by molar-refractivity contribution is 0.474. The van der Waals surface area contributed by atoms with Gasteiger partial charge in [-0.15, -0.1) is 0 Å². The third kappa shape index (κ3) is 3.44. The molecule has 0 aromatic heterocycles. The van der Waals surface area contributed by atoms with Crippen molar-refractivity contribution in [1.82, 2.24) is 10.7 Å². The molecule has 0 aliphatic heterocycles. The van der Waals surface area contributed by atoms with E-state index in [9.17, 15) is 5.11 Å². The Kier molecular flexibility index (Phi) is 4.26. The first-order chi connectivity index (χ1) is 10.1. The topological polar surface area (TPSA) is 56.7 Å². The van der Waals surface area contributed by atoms with E-state index in [0.717, 1.165) is 10.9 Å². The van der Waals surface area contributed by atoms with Crippen molar-refractivity contribution in [3.8, 4) is 5.75 Å². The molecule has 0 saturated heterocycles. The second-order valence-corrected chi connectivity index (χ2v) is 6.76. The van der Waals surface area contributed by atoms with Gasteiger partial charge in [0.05, 0.1) is 6.21 Å². The molecule has 0 radical (unpaired) electrons. The standard InChI is InChI=1S/C15H16BrN3OS/c16-12-3-4-14(20)11(7-12)8-17-19-15(21)18-13-6-9-1-2-10(13)5-9/h1-4,7-10,13,20H,5-6H2,(H2,18,19,21)/b17-8+. The van der Waals surface area contributed by atoms with Crippen LogP contribution < -0.4 is 10.7 Å². The van der Waals surface area contributed by atoms with Gasteiger partial charge in [0.1, 0.15) is 5.75 Å². The minimum Gasteiger partial charge on any atom is -0.507 e. The fraction of sp³-hybridized carbons (Fsp3) is 0.333. The lowest BCUT2D eigenvalue weighted by atomic mass is 10.0. The largest absolute Gasteiger partial charge is 0.507 e. The van der Waals surface area contributed by atoms with Crippen molar-refractivity contribution in [2.75, 3.05) is 0 Å². The van der Waals surface area contributed by atoms with Crippen LogP contribution in [0.15, 0.2) is 39.9 Å². The number of hydrazone groups is 1. The zero-order valence-electron chi connectivity index (χ0n) is 11.3. The Morgan fingerprint density at radius 3 is 2.95 bits per heavy atom. The van der Waals surface area contributed by atoms with Crippen LogP contribution >= 0.6 is 28.1 Å².